The van der Waals surface area contributed by atoms with Crippen molar-refractivity contribution < 1.29 is 24.0 Å². The number of carbonyl (C=O) groups is 2. The number of aromatic nitrogens is 2. The van der Waals surface area contributed by atoms with Crippen LogP contribution in [-0.2, 0) is 16.0 Å². The zero-order valence-electron chi connectivity index (χ0n) is 14.4. The summed E-state index contributed by atoms with van der Waals surface area (Å²) in [5.41, 5.74) is 0.886. The second-order valence-corrected chi connectivity index (χ2v) is 5.88. The molecular weight excluding hydrogens is 364 g/mol. The molecule has 0 saturated heterocycles. The van der Waals surface area contributed by atoms with E-state index in [1.54, 1.807) is 25.3 Å². The number of nitrogens with one attached hydrogen (secondary N) is 1. The molecule has 0 atom stereocenters. The van der Waals surface area contributed by atoms with Crippen molar-refractivity contribution >= 4 is 29.3 Å². The second kappa shape index (κ2) is 9.16. The Kier molecular flexibility index (Phi) is 6.93. The van der Waals surface area contributed by atoms with Crippen molar-refractivity contribution in [3.63, 3.8) is 0 Å². The lowest BCUT2D eigenvalue weighted by Crippen LogP contribution is -2.33. The van der Waals surface area contributed by atoms with Crippen LogP contribution in [-0.4, -0.2) is 59.5 Å². The number of hydrogen-bond donors (Lipinski definition) is 2. The molecule has 0 aliphatic rings. The molecular formula is C16H19ClN4O5. The van der Waals surface area contributed by atoms with Crippen LogP contribution in [0.5, 0.6) is 0 Å². The van der Waals surface area contributed by atoms with Crippen molar-refractivity contribution in [3.05, 3.63) is 29.0 Å². The second-order valence-electron chi connectivity index (χ2n) is 5.44. The average Bonchev–Trinajstić information content (AvgIpc) is 3.07. The number of anilines is 1. The quantitative estimate of drug-likeness (QED) is 0.720. The van der Waals surface area contributed by atoms with Gasteiger partial charge in [-0.2, -0.15) is 4.98 Å². The van der Waals surface area contributed by atoms with Crippen molar-refractivity contribution in [1.82, 2.24) is 15.0 Å². The zero-order chi connectivity index (χ0) is 19.1. The molecule has 9 nitrogen and oxygen atoms in total. The van der Waals surface area contributed by atoms with Crippen LogP contribution in [0.3, 0.4) is 0 Å². The Balaban J connectivity index is 2.18. The lowest BCUT2D eigenvalue weighted by atomic mass is 10.1. The molecule has 0 aliphatic heterocycles. The van der Waals surface area contributed by atoms with Gasteiger partial charge in [-0.15, -0.1) is 0 Å². The van der Waals surface area contributed by atoms with Gasteiger partial charge in [-0.3, -0.25) is 4.79 Å². The van der Waals surface area contributed by atoms with Gasteiger partial charge in [-0.25, -0.2) is 4.79 Å². The Hall–Kier alpha value is -2.65. The molecule has 2 aromatic rings. The molecule has 10 heteroatoms. The summed E-state index contributed by atoms with van der Waals surface area (Å²) in [5.74, 6) is -0.300. The fourth-order valence-corrected chi connectivity index (χ4v) is 2.21. The third kappa shape index (κ3) is 5.43. The first-order chi connectivity index (χ1) is 12.4. The van der Waals surface area contributed by atoms with E-state index < -0.39 is 12.0 Å². The van der Waals surface area contributed by atoms with Crippen molar-refractivity contribution in [1.29, 1.82) is 0 Å². The summed E-state index contributed by atoms with van der Waals surface area (Å²) in [5, 5.41) is 15.7. The maximum absolute atomic E-state index is 12.2. The minimum atomic E-state index is -0.980. The molecule has 0 fully saturated rings. The molecule has 2 N–H and O–H groups in total. The predicted octanol–water partition coefficient (Wildman–Crippen LogP) is 2.52. The third-order valence-electron chi connectivity index (χ3n) is 3.46. The number of carbonyl (C=O) groups excluding carboxylic acids is 1. The topological polar surface area (TPSA) is 118 Å². The van der Waals surface area contributed by atoms with Gasteiger partial charge in [0.05, 0.1) is 24.3 Å². The molecule has 0 unspecified atom stereocenters. The Morgan fingerprint density at radius 1 is 1.42 bits per heavy atom. The zero-order valence-corrected chi connectivity index (χ0v) is 15.1. The lowest BCUT2D eigenvalue weighted by Gasteiger charge is -2.18. The molecule has 0 spiro atoms. The molecule has 1 aromatic heterocycles. The summed E-state index contributed by atoms with van der Waals surface area (Å²) in [7, 11) is 3.08. The van der Waals surface area contributed by atoms with Gasteiger partial charge in [0, 0.05) is 32.1 Å². The molecule has 1 heterocycles. The van der Waals surface area contributed by atoms with Gasteiger partial charge in [0.15, 0.2) is 5.82 Å². The number of amides is 2. The SMILES string of the molecule is COCCc1noc(-c2cc(Cl)ccc2NC(=O)N(C)CCC(=O)O)n1. The Morgan fingerprint density at radius 2 is 2.19 bits per heavy atom. The number of benzene rings is 1. The molecule has 0 aliphatic carbocycles. The molecule has 26 heavy (non-hydrogen) atoms. The van der Waals surface area contributed by atoms with E-state index in [9.17, 15) is 9.59 Å². The highest BCUT2D eigenvalue weighted by molar-refractivity contribution is 6.31. The molecule has 0 bridgehead atoms. The highest BCUT2D eigenvalue weighted by atomic mass is 35.5. The number of ether oxygens (including phenoxy) is 1. The van der Waals surface area contributed by atoms with Crippen molar-refractivity contribution in [2.75, 3.05) is 32.6 Å². The summed E-state index contributed by atoms with van der Waals surface area (Å²) >= 11 is 6.04. The first-order valence-corrected chi connectivity index (χ1v) is 8.14. The standard InChI is InChI=1S/C16H19ClN4O5/c1-21(7-5-14(22)23)16(24)18-12-4-3-10(17)9-11(12)15-19-13(20-26-15)6-8-25-2/h3-4,9H,5-8H2,1-2H3,(H,18,24)(H,22,23). The number of rotatable bonds is 8. The number of carboxylic acid groups (broad SMARTS) is 1. The van der Waals surface area contributed by atoms with E-state index in [4.69, 9.17) is 26.0 Å². The lowest BCUT2D eigenvalue weighted by molar-refractivity contribution is -0.137. The van der Waals surface area contributed by atoms with Crippen LogP contribution in [0.1, 0.15) is 12.2 Å². The van der Waals surface area contributed by atoms with E-state index in [1.807, 2.05) is 0 Å². The predicted molar refractivity (Wildman–Crippen MR) is 94.2 cm³/mol. The van der Waals surface area contributed by atoms with Crippen LogP contribution in [0, 0.1) is 0 Å². The van der Waals surface area contributed by atoms with Crippen LogP contribution in [0.4, 0.5) is 10.5 Å². The first kappa shape index (κ1) is 19.7. The smallest absolute Gasteiger partial charge is 0.321 e. The molecule has 0 saturated carbocycles. The van der Waals surface area contributed by atoms with E-state index in [1.165, 1.54) is 11.9 Å². The van der Waals surface area contributed by atoms with Gasteiger partial charge < -0.3 is 24.6 Å². The van der Waals surface area contributed by atoms with Crippen molar-refractivity contribution in [2.45, 2.75) is 12.8 Å². The highest BCUT2D eigenvalue weighted by Gasteiger charge is 2.17. The number of methoxy groups -OCH3 is 1. The summed E-state index contributed by atoms with van der Waals surface area (Å²) < 4.78 is 10.2. The van der Waals surface area contributed by atoms with Crippen LogP contribution in [0.25, 0.3) is 11.5 Å². The third-order valence-corrected chi connectivity index (χ3v) is 3.69. The van der Waals surface area contributed by atoms with Crippen molar-refractivity contribution in [3.8, 4) is 11.5 Å². The van der Waals surface area contributed by atoms with Gasteiger partial charge >= 0.3 is 12.0 Å². The maximum Gasteiger partial charge on any atom is 0.321 e. The Morgan fingerprint density at radius 3 is 2.88 bits per heavy atom. The van der Waals surface area contributed by atoms with Crippen LogP contribution in [0.2, 0.25) is 5.02 Å². The van der Waals surface area contributed by atoms with Crippen LogP contribution >= 0.6 is 11.6 Å². The fourth-order valence-electron chi connectivity index (χ4n) is 2.04. The number of hydrogen-bond acceptors (Lipinski definition) is 6. The minimum absolute atomic E-state index is 0.0752. The molecule has 1 aromatic carbocycles. The van der Waals surface area contributed by atoms with E-state index in [0.29, 0.717) is 35.1 Å². The number of aliphatic carboxylic acids is 1. The summed E-state index contributed by atoms with van der Waals surface area (Å²) in [6, 6.07) is 4.36. The number of nitrogens with zero attached hydrogens (tertiary/aromatic N) is 3. The number of carboxylic acids is 1. The van der Waals surface area contributed by atoms with Gasteiger partial charge in [0.2, 0.25) is 0 Å². The van der Waals surface area contributed by atoms with E-state index >= 15 is 0 Å². The Labute approximate surface area is 154 Å². The Bertz CT molecular complexity index is 780. The summed E-state index contributed by atoms with van der Waals surface area (Å²) in [6.07, 6.45) is 0.337. The largest absolute Gasteiger partial charge is 0.481 e. The highest BCUT2D eigenvalue weighted by Crippen LogP contribution is 2.30. The molecule has 140 valence electrons. The van der Waals surface area contributed by atoms with E-state index in [-0.39, 0.29) is 18.9 Å². The molecule has 2 rings (SSSR count). The van der Waals surface area contributed by atoms with Gasteiger partial charge in [-0.1, -0.05) is 16.8 Å². The minimum Gasteiger partial charge on any atom is -0.481 e. The van der Waals surface area contributed by atoms with Crippen LogP contribution < -0.4 is 5.32 Å². The molecule has 2 amide bonds. The fraction of sp³-hybridized carbons (Fsp3) is 0.375. The van der Waals surface area contributed by atoms with Crippen LogP contribution in [0.15, 0.2) is 22.7 Å². The number of halogens is 1. The normalized spacial score (nSPS) is 10.6. The average molecular weight is 383 g/mol. The van der Waals surface area contributed by atoms with Crippen molar-refractivity contribution in [2.24, 2.45) is 0 Å². The maximum atomic E-state index is 12.2. The number of urea groups is 1. The van der Waals surface area contributed by atoms with E-state index in [2.05, 4.69) is 15.5 Å². The summed E-state index contributed by atoms with van der Waals surface area (Å²) in [6.45, 7) is 0.526. The first-order valence-electron chi connectivity index (χ1n) is 7.76. The van der Waals surface area contributed by atoms with Gasteiger partial charge in [0.1, 0.15) is 0 Å². The molecule has 0 radical (unpaired) electrons. The van der Waals surface area contributed by atoms with E-state index in [0.717, 1.165) is 0 Å². The van der Waals surface area contributed by atoms with Gasteiger partial charge in [-0.05, 0) is 18.2 Å². The monoisotopic (exact) mass is 382 g/mol. The van der Waals surface area contributed by atoms with Gasteiger partial charge in [0.25, 0.3) is 5.89 Å². The summed E-state index contributed by atoms with van der Waals surface area (Å²) in [4.78, 5) is 28.4.